The van der Waals surface area contributed by atoms with Crippen LogP contribution in [0.1, 0.15) is 335 Å². The van der Waals surface area contributed by atoms with Crippen molar-refractivity contribution in [2.24, 2.45) is 0 Å². The molecular weight excluding hydrogens is 1110 g/mol. The van der Waals surface area contributed by atoms with E-state index in [2.05, 4.69) is 111 Å². The predicted molar refractivity (Wildman–Crippen MR) is 381 cm³/mol. The first-order valence-electron chi connectivity index (χ1n) is 37.0. The number of carbonyl (C=O) groups is 2. The minimum atomic E-state index is -4.71. The molecule has 0 saturated heterocycles. The number of nitrogens with one attached hydrogen (secondary N) is 1. The number of nitrogens with zero attached hydrogens (tertiary/aromatic N) is 1. The van der Waals surface area contributed by atoms with Crippen LogP contribution in [0.2, 0.25) is 0 Å². The highest BCUT2D eigenvalue weighted by Crippen LogP contribution is 2.38. The van der Waals surface area contributed by atoms with E-state index in [0.29, 0.717) is 17.4 Å². The Labute approximate surface area is 545 Å². The summed E-state index contributed by atoms with van der Waals surface area (Å²) >= 11 is 0. The number of hydrogen-bond acceptors (Lipinski definition) is 7. The molecule has 0 fully saturated rings. The van der Waals surface area contributed by atoms with E-state index < -0.39 is 26.6 Å². The number of phosphoric ester groups is 1. The second-order valence-corrected chi connectivity index (χ2v) is 27.5. The number of allylic oxidation sites excluding steroid dienone is 15. The quantitative estimate of drug-likeness (QED) is 0.0212. The molecule has 10 heteroatoms. The summed E-state index contributed by atoms with van der Waals surface area (Å²) in [5.74, 6) is -0.544. The van der Waals surface area contributed by atoms with Gasteiger partial charge in [0.25, 0.3) is 7.82 Å². The molecule has 0 bridgehead atoms. The maximum absolute atomic E-state index is 13.6. The first-order valence-corrected chi connectivity index (χ1v) is 38.5. The number of ether oxygens (including phenoxy) is 1. The van der Waals surface area contributed by atoms with Crippen LogP contribution >= 0.6 is 7.82 Å². The lowest BCUT2D eigenvalue weighted by molar-refractivity contribution is -0.870. The summed E-state index contributed by atoms with van der Waals surface area (Å²) in [6, 6.07) is -0.898. The maximum Gasteiger partial charge on any atom is 0.306 e. The molecule has 0 aromatic rings. The smallest absolute Gasteiger partial charge is 0.306 e. The SMILES string of the molecule is CCCCC/C=C\C/C=C\C/C=C\C/C=C\CCCCCCCCCCCC(=O)OC(/C=C/CCCCCCCCCCCC)C(COP(=O)([O-])OCC[N+](C)(C)C)NC(=O)CCCCCCCCCCCCCC/C=C\C/C=C\C/C=C\CCCCC. The Morgan fingerprint density at radius 3 is 1.06 bits per heavy atom. The van der Waals surface area contributed by atoms with E-state index in [0.717, 1.165) is 103 Å². The van der Waals surface area contributed by atoms with Crippen molar-refractivity contribution in [2.75, 3.05) is 40.9 Å². The minimum absolute atomic E-state index is 0.0268. The Morgan fingerprint density at radius 2 is 0.693 bits per heavy atom. The molecule has 0 aromatic carbocycles. The molecule has 9 nitrogen and oxygen atoms in total. The Kier molecular flexibility index (Phi) is 64.5. The summed E-state index contributed by atoms with van der Waals surface area (Å²) in [5.41, 5.74) is 0. The molecule has 1 amide bonds. The van der Waals surface area contributed by atoms with Crippen LogP contribution in [0.3, 0.4) is 0 Å². The molecule has 0 rings (SSSR count). The van der Waals surface area contributed by atoms with Gasteiger partial charge in [-0.15, -0.1) is 0 Å². The van der Waals surface area contributed by atoms with Gasteiger partial charge in [0.15, 0.2) is 0 Å². The minimum Gasteiger partial charge on any atom is -0.756 e. The monoisotopic (exact) mass is 1250 g/mol. The van der Waals surface area contributed by atoms with Crippen molar-refractivity contribution in [3.8, 4) is 0 Å². The Hall–Kier alpha value is -3.07. The molecule has 0 saturated carbocycles. The first-order chi connectivity index (χ1) is 42.9. The van der Waals surface area contributed by atoms with Crippen molar-refractivity contribution in [2.45, 2.75) is 348 Å². The van der Waals surface area contributed by atoms with Gasteiger partial charge in [0, 0.05) is 12.8 Å². The van der Waals surface area contributed by atoms with E-state index in [1.165, 1.54) is 199 Å². The number of esters is 1. The fourth-order valence-electron chi connectivity index (χ4n) is 10.5. The van der Waals surface area contributed by atoms with Gasteiger partial charge in [0.2, 0.25) is 5.91 Å². The van der Waals surface area contributed by atoms with Crippen molar-refractivity contribution in [3.63, 3.8) is 0 Å². The lowest BCUT2D eigenvalue weighted by atomic mass is 10.0. The zero-order valence-electron chi connectivity index (χ0n) is 58.4. The molecule has 3 unspecified atom stereocenters. The van der Waals surface area contributed by atoms with E-state index in [1.54, 1.807) is 0 Å². The highest BCUT2D eigenvalue weighted by molar-refractivity contribution is 7.45. The van der Waals surface area contributed by atoms with Gasteiger partial charge >= 0.3 is 5.97 Å². The van der Waals surface area contributed by atoms with Gasteiger partial charge in [0.05, 0.1) is 33.8 Å². The van der Waals surface area contributed by atoms with Gasteiger partial charge in [-0.2, -0.15) is 0 Å². The van der Waals surface area contributed by atoms with E-state index in [1.807, 2.05) is 33.3 Å². The number of unbranched alkanes of at least 4 members (excludes halogenated alkanes) is 37. The van der Waals surface area contributed by atoms with Crippen LogP contribution in [-0.4, -0.2) is 69.4 Å². The maximum atomic E-state index is 13.6. The third-order valence-electron chi connectivity index (χ3n) is 16.2. The Bertz CT molecular complexity index is 1830. The van der Waals surface area contributed by atoms with Crippen molar-refractivity contribution in [3.05, 3.63) is 97.2 Å². The average molecular weight is 1250 g/mol. The van der Waals surface area contributed by atoms with E-state index in [9.17, 15) is 19.0 Å². The van der Waals surface area contributed by atoms with Crippen molar-refractivity contribution < 1.29 is 37.3 Å². The van der Waals surface area contributed by atoms with Gasteiger partial charge in [-0.05, 0) is 115 Å². The lowest BCUT2D eigenvalue weighted by Gasteiger charge is -2.30. The predicted octanol–water partition coefficient (Wildman–Crippen LogP) is 23.2. The summed E-state index contributed by atoms with van der Waals surface area (Å²) in [7, 11) is 1.18. The molecule has 1 N–H and O–H groups in total. The fraction of sp³-hybridized carbons (Fsp3) is 0.769. The highest BCUT2D eigenvalue weighted by atomic mass is 31.2. The van der Waals surface area contributed by atoms with E-state index in [4.69, 9.17) is 13.8 Å². The Balaban J connectivity index is 5.05. The zero-order valence-corrected chi connectivity index (χ0v) is 59.3. The summed E-state index contributed by atoms with van der Waals surface area (Å²) in [4.78, 5) is 40.3. The highest BCUT2D eigenvalue weighted by Gasteiger charge is 2.27. The van der Waals surface area contributed by atoms with Crippen LogP contribution in [0.15, 0.2) is 97.2 Å². The number of likely N-dealkylation sites (N-methyl/N-ethyl adjacent to an activating group) is 1. The van der Waals surface area contributed by atoms with E-state index >= 15 is 0 Å². The summed E-state index contributed by atoms with van der Waals surface area (Å²) < 4.78 is 30.5. The van der Waals surface area contributed by atoms with Gasteiger partial charge in [-0.25, -0.2) is 0 Å². The molecule has 0 aliphatic carbocycles. The third-order valence-corrected chi connectivity index (χ3v) is 17.2. The number of quaternary nitrogens is 1. The summed E-state index contributed by atoms with van der Waals surface area (Å²) in [6.07, 6.45) is 91.0. The van der Waals surface area contributed by atoms with Crippen LogP contribution in [0.5, 0.6) is 0 Å². The Morgan fingerprint density at radius 1 is 0.398 bits per heavy atom. The standard InChI is InChI=1S/C78H141N2O7P/c1-7-10-13-16-19-22-25-28-30-32-34-36-38-40-42-44-46-48-50-52-55-58-61-64-67-70-77(81)79-75(74-86-88(83,84)85-73-72-80(4,5)6)76(69-66-63-60-57-54-27-24-21-18-15-12-9-3)87-78(82)71-68-65-62-59-56-53-51-49-47-45-43-41-39-37-35-33-31-29-26-23-20-17-14-11-8-2/h19-20,22-23,28-31,34-37,41,43,66,69,75-76H,7-18,21,24-27,32-33,38-40,42,44-65,67-68,70-74H2,1-6H3,(H-,79,81,83,84)/b22-19-,23-20-,30-28-,31-29-,36-34-,37-35-,43-41-,69-66+. The molecule has 0 aliphatic rings. The molecule has 0 spiro atoms. The largest absolute Gasteiger partial charge is 0.756 e. The van der Waals surface area contributed by atoms with Crippen molar-refractivity contribution in [1.82, 2.24) is 5.32 Å². The molecule has 0 heterocycles. The second kappa shape index (κ2) is 66.8. The first kappa shape index (κ1) is 84.9. The number of rotatable bonds is 67. The molecule has 88 heavy (non-hydrogen) atoms. The molecular formula is C78H141N2O7P. The zero-order chi connectivity index (χ0) is 64.2. The molecule has 0 aromatic heterocycles. The molecule has 0 aliphatic heterocycles. The van der Waals surface area contributed by atoms with Crippen molar-refractivity contribution in [1.29, 1.82) is 0 Å². The molecule has 3 atom stereocenters. The van der Waals surface area contributed by atoms with Crippen LogP contribution < -0.4 is 10.2 Å². The van der Waals surface area contributed by atoms with Crippen LogP contribution in [0.25, 0.3) is 0 Å². The number of phosphoric acid groups is 1. The molecule has 510 valence electrons. The van der Waals surface area contributed by atoms with Gasteiger partial charge in [-0.1, -0.05) is 305 Å². The van der Waals surface area contributed by atoms with Gasteiger partial charge in [-0.3, -0.25) is 14.2 Å². The third kappa shape index (κ3) is 67.3. The van der Waals surface area contributed by atoms with Crippen LogP contribution in [-0.2, 0) is 27.9 Å². The van der Waals surface area contributed by atoms with Gasteiger partial charge < -0.3 is 28.5 Å². The molecule has 0 radical (unpaired) electrons. The fourth-order valence-corrected chi connectivity index (χ4v) is 11.2. The average Bonchev–Trinajstić information content (AvgIpc) is 3.52. The normalized spacial score (nSPS) is 14.0. The summed E-state index contributed by atoms with van der Waals surface area (Å²) in [6.45, 7) is 6.81. The van der Waals surface area contributed by atoms with E-state index in [-0.39, 0.29) is 24.9 Å². The number of carbonyl (C=O) groups excluding carboxylic acids is 2. The van der Waals surface area contributed by atoms with Crippen LogP contribution in [0.4, 0.5) is 0 Å². The number of amides is 1. The second-order valence-electron chi connectivity index (χ2n) is 26.1. The van der Waals surface area contributed by atoms with Crippen LogP contribution in [0, 0.1) is 0 Å². The summed E-state index contributed by atoms with van der Waals surface area (Å²) in [5, 5.41) is 3.05. The van der Waals surface area contributed by atoms with Crippen molar-refractivity contribution >= 4 is 19.7 Å². The lowest BCUT2D eigenvalue weighted by Crippen LogP contribution is -2.47. The van der Waals surface area contributed by atoms with Gasteiger partial charge in [0.1, 0.15) is 19.3 Å². The topological polar surface area (TPSA) is 114 Å². The number of hydrogen-bond donors (Lipinski definition) is 1.